The van der Waals surface area contributed by atoms with Crippen LogP contribution in [0.3, 0.4) is 0 Å². The fourth-order valence-electron chi connectivity index (χ4n) is 0. The second-order valence-electron chi connectivity index (χ2n) is 0.250. The standard InChI is InChI=1S/CH2O3.CH3O.2K.Na/c2-1(3)4;1-2;;;/h(H2,2,3,4);1H3;;;/q;-1;3*+1/p-2. The van der Waals surface area contributed by atoms with E-state index in [9.17, 15) is 0 Å². The molecule has 0 aliphatic carbocycles. The summed E-state index contributed by atoms with van der Waals surface area (Å²) in [7, 11) is 0.750. The van der Waals surface area contributed by atoms with Gasteiger partial charge in [-0.3, -0.25) is 0 Å². The Morgan fingerprint density at radius 3 is 1.11 bits per heavy atom. The first-order chi connectivity index (χ1) is 2.73. The molecule has 0 saturated carbocycles. The average Bonchev–Trinajstić information content (AvgIpc) is 1.41. The maximum Gasteiger partial charge on any atom is 1.00 e. The van der Waals surface area contributed by atoms with Crippen LogP contribution < -0.4 is 148 Å². The topological polar surface area (TPSA) is 86.2 Å². The van der Waals surface area contributed by atoms with Gasteiger partial charge in [-0.05, 0) is 6.16 Å². The molecular weight excluding hydrogens is 189 g/mol. The zero-order valence-corrected chi connectivity index (χ0v) is 14.4. The maximum absolute atomic E-state index is 8.33. The summed E-state index contributed by atoms with van der Waals surface area (Å²) < 4.78 is 0. The van der Waals surface area contributed by atoms with Crippen LogP contribution in [0.5, 0.6) is 0 Å². The van der Waals surface area contributed by atoms with Gasteiger partial charge in [0.2, 0.25) is 0 Å². The van der Waals surface area contributed by atoms with Crippen LogP contribution in [0.15, 0.2) is 0 Å². The molecule has 0 rings (SSSR count). The molecule has 0 aliphatic heterocycles. The Morgan fingerprint density at radius 2 is 1.11 bits per heavy atom. The number of hydrogen-bond acceptors (Lipinski definition) is 4. The van der Waals surface area contributed by atoms with Gasteiger partial charge in [0.05, 0.1) is 0 Å². The molecule has 0 bridgehead atoms. The molecule has 0 aromatic rings. The van der Waals surface area contributed by atoms with Crippen molar-refractivity contribution in [2.24, 2.45) is 0 Å². The Balaban J connectivity index is -0.00000000990. The first-order valence-electron chi connectivity index (χ1n) is 1.02. The number of hydrogen-bond donors (Lipinski definition) is 0. The van der Waals surface area contributed by atoms with E-state index in [-0.39, 0.29) is 132 Å². The van der Waals surface area contributed by atoms with Crippen molar-refractivity contribution in [2.75, 3.05) is 7.11 Å². The molecule has 4 nitrogen and oxygen atoms in total. The molecule has 0 unspecified atom stereocenters. The van der Waals surface area contributed by atoms with Crippen LogP contribution in [-0.4, -0.2) is 13.3 Å². The van der Waals surface area contributed by atoms with Crippen molar-refractivity contribution in [3.8, 4) is 0 Å². The van der Waals surface area contributed by atoms with Crippen LogP contribution in [0.1, 0.15) is 0 Å². The summed E-state index contributed by atoms with van der Waals surface area (Å²) in [6, 6.07) is 0. The number of carboxylic acid groups (broad SMARTS) is 2. The normalized spacial score (nSPS) is 3.33. The number of carbonyl (C=O) groups excluding carboxylic acids is 1. The molecule has 9 heavy (non-hydrogen) atoms. The molecule has 0 radical (unpaired) electrons. The third kappa shape index (κ3) is 84.7. The molecule has 0 aromatic heterocycles. The van der Waals surface area contributed by atoms with E-state index in [1.54, 1.807) is 0 Å². The molecule has 0 atom stereocenters. The molecule has 0 aliphatic rings. The Kier molecular flexibility index (Phi) is 98.0. The fraction of sp³-hybridized carbons (Fsp3) is 0.500. The predicted molar refractivity (Wildman–Crippen MR) is 11.3 cm³/mol. The monoisotopic (exact) mass is 192 g/mol. The minimum absolute atomic E-state index is 0. The van der Waals surface area contributed by atoms with Crippen molar-refractivity contribution >= 4 is 6.16 Å². The largest absolute Gasteiger partial charge is 1.00 e. The Morgan fingerprint density at radius 1 is 1.11 bits per heavy atom. The third-order valence-corrected chi connectivity index (χ3v) is 0. The number of carbonyl (C=O) groups is 1. The predicted octanol–water partition coefficient (Wildman–Crippen LogP) is -12.5. The molecule has 0 saturated heterocycles. The smallest absolute Gasteiger partial charge is 0.857 e. The summed E-state index contributed by atoms with van der Waals surface area (Å²) in [5.74, 6) is 0. The summed E-state index contributed by atoms with van der Waals surface area (Å²) in [5, 5.41) is 24.9. The van der Waals surface area contributed by atoms with Gasteiger partial charge in [-0.25, -0.2) is 0 Å². The van der Waals surface area contributed by atoms with E-state index >= 15 is 0 Å². The summed E-state index contributed by atoms with van der Waals surface area (Å²) in [6.45, 7) is 0. The van der Waals surface area contributed by atoms with E-state index in [0.717, 1.165) is 7.11 Å². The fourth-order valence-corrected chi connectivity index (χ4v) is 0. The zero-order valence-electron chi connectivity index (χ0n) is 6.13. The van der Waals surface area contributed by atoms with Crippen LogP contribution in [0, 0.1) is 0 Å². The van der Waals surface area contributed by atoms with E-state index in [4.69, 9.17) is 20.1 Å². The molecule has 0 heterocycles. The van der Waals surface area contributed by atoms with Gasteiger partial charge in [-0.2, -0.15) is 7.11 Å². The first kappa shape index (κ1) is 29.4. The molecule has 0 fully saturated rings. The van der Waals surface area contributed by atoms with Gasteiger partial charge in [0.15, 0.2) is 0 Å². The second kappa shape index (κ2) is 30.0. The van der Waals surface area contributed by atoms with Gasteiger partial charge in [0.1, 0.15) is 0 Å². The minimum atomic E-state index is -2.33. The molecule has 0 amide bonds. The molecule has 38 valence electrons. The maximum atomic E-state index is 8.33. The first-order valence-corrected chi connectivity index (χ1v) is 1.02. The Bertz CT molecular complexity index is 39.5. The molecule has 7 heteroatoms. The van der Waals surface area contributed by atoms with Crippen molar-refractivity contribution in [3.05, 3.63) is 0 Å². The van der Waals surface area contributed by atoms with Crippen LogP contribution in [-0.2, 0) is 0 Å². The molecule has 0 aromatic carbocycles. The Hall–Kier alpha value is 3.50. The SMILES string of the molecule is C[O-].O=C([O-])[O-].[K+].[K+].[Na+]. The van der Waals surface area contributed by atoms with Gasteiger partial charge >= 0.3 is 132 Å². The molecular formula is C2H3K2NaO4. The van der Waals surface area contributed by atoms with Crippen molar-refractivity contribution < 1.29 is 152 Å². The van der Waals surface area contributed by atoms with E-state index < -0.39 is 6.16 Å². The summed E-state index contributed by atoms with van der Waals surface area (Å²) >= 11 is 0. The van der Waals surface area contributed by atoms with Crippen LogP contribution in [0.4, 0.5) is 4.79 Å². The summed E-state index contributed by atoms with van der Waals surface area (Å²) in [5.41, 5.74) is 0. The minimum Gasteiger partial charge on any atom is -0.857 e. The molecule has 0 N–H and O–H groups in total. The van der Waals surface area contributed by atoms with Crippen LogP contribution >= 0.6 is 0 Å². The van der Waals surface area contributed by atoms with E-state index in [1.165, 1.54) is 0 Å². The van der Waals surface area contributed by atoms with Crippen LogP contribution in [0.2, 0.25) is 0 Å². The summed E-state index contributed by atoms with van der Waals surface area (Å²) in [6.07, 6.45) is -2.33. The summed E-state index contributed by atoms with van der Waals surface area (Å²) in [4.78, 5) is 8.33. The van der Waals surface area contributed by atoms with Crippen LogP contribution in [0.25, 0.3) is 0 Å². The Labute approximate surface area is 161 Å². The zero-order chi connectivity index (χ0) is 5.58. The van der Waals surface area contributed by atoms with Gasteiger partial charge in [-0.15, -0.1) is 0 Å². The van der Waals surface area contributed by atoms with E-state index in [2.05, 4.69) is 0 Å². The quantitative estimate of drug-likeness (QED) is 0.357. The van der Waals surface area contributed by atoms with E-state index in [1.807, 2.05) is 0 Å². The van der Waals surface area contributed by atoms with E-state index in [0.29, 0.717) is 0 Å². The van der Waals surface area contributed by atoms with Crippen molar-refractivity contribution in [1.29, 1.82) is 0 Å². The second-order valence-corrected chi connectivity index (χ2v) is 0.250. The third-order valence-electron chi connectivity index (χ3n) is 0. The van der Waals surface area contributed by atoms with Gasteiger partial charge in [-0.1, -0.05) is 0 Å². The number of rotatable bonds is 0. The van der Waals surface area contributed by atoms with Gasteiger partial charge in [0, 0.05) is 0 Å². The average molecular weight is 192 g/mol. The van der Waals surface area contributed by atoms with Crippen molar-refractivity contribution in [2.45, 2.75) is 0 Å². The van der Waals surface area contributed by atoms with Crippen molar-refractivity contribution in [1.82, 2.24) is 0 Å². The van der Waals surface area contributed by atoms with Gasteiger partial charge in [0.25, 0.3) is 0 Å². The van der Waals surface area contributed by atoms with Crippen molar-refractivity contribution in [3.63, 3.8) is 0 Å². The molecule has 0 spiro atoms. The van der Waals surface area contributed by atoms with Gasteiger partial charge < -0.3 is 20.1 Å².